The number of hydrogen-bond acceptors (Lipinski definition) is 2. The molecule has 5 heteroatoms. The maximum Gasteiger partial charge on any atom is 0.139 e. The van der Waals surface area contributed by atoms with Gasteiger partial charge in [-0.25, -0.2) is 4.39 Å². The monoisotopic (exact) mass is 342 g/mol. The third-order valence-electron chi connectivity index (χ3n) is 2.73. The first-order valence-corrected chi connectivity index (χ1v) is 6.96. The Balaban J connectivity index is 1.96. The Labute approximate surface area is 124 Å². The van der Waals surface area contributed by atoms with Crippen LogP contribution in [0.2, 0.25) is 5.02 Å². The summed E-state index contributed by atoms with van der Waals surface area (Å²) >= 11 is 8.96. The normalized spacial score (nSPS) is 10.5. The molecule has 100 valence electrons. The third-order valence-corrected chi connectivity index (χ3v) is 3.59. The van der Waals surface area contributed by atoms with Crippen LogP contribution in [0.5, 0.6) is 0 Å². The number of benzene rings is 2. The van der Waals surface area contributed by atoms with E-state index in [-0.39, 0.29) is 5.82 Å². The molecule has 0 aliphatic carbocycles. The molecule has 0 bridgehead atoms. The molecule has 2 aromatic carbocycles. The van der Waals surface area contributed by atoms with Crippen molar-refractivity contribution in [1.82, 2.24) is 0 Å². The van der Waals surface area contributed by atoms with Crippen molar-refractivity contribution in [2.45, 2.75) is 6.42 Å². The summed E-state index contributed by atoms with van der Waals surface area (Å²) in [5, 5.41) is 3.91. The van der Waals surface area contributed by atoms with Gasteiger partial charge in [-0.3, -0.25) is 0 Å². The predicted octanol–water partition coefficient (Wildman–Crippen LogP) is 4.48. The van der Waals surface area contributed by atoms with E-state index in [0.29, 0.717) is 16.7 Å². The SMILES string of the molecule is Nc1cc(F)c(Br)cc1NCCc1ccc(Cl)cc1. The summed E-state index contributed by atoms with van der Waals surface area (Å²) in [7, 11) is 0. The van der Waals surface area contributed by atoms with E-state index in [1.807, 2.05) is 24.3 Å². The van der Waals surface area contributed by atoms with Crippen molar-refractivity contribution in [3.05, 3.63) is 57.3 Å². The highest BCUT2D eigenvalue weighted by Crippen LogP contribution is 2.26. The second kappa shape index (κ2) is 6.26. The van der Waals surface area contributed by atoms with Crippen molar-refractivity contribution in [2.24, 2.45) is 0 Å². The van der Waals surface area contributed by atoms with Crippen molar-refractivity contribution >= 4 is 38.9 Å². The van der Waals surface area contributed by atoms with Crippen molar-refractivity contribution in [3.8, 4) is 0 Å². The van der Waals surface area contributed by atoms with Crippen molar-refractivity contribution < 1.29 is 4.39 Å². The van der Waals surface area contributed by atoms with E-state index >= 15 is 0 Å². The number of halogens is 3. The summed E-state index contributed by atoms with van der Waals surface area (Å²) in [5.74, 6) is -0.360. The van der Waals surface area contributed by atoms with Crippen LogP contribution in [0.3, 0.4) is 0 Å². The largest absolute Gasteiger partial charge is 0.397 e. The molecule has 0 amide bonds. The van der Waals surface area contributed by atoms with E-state index in [0.717, 1.165) is 17.1 Å². The van der Waals surface area contributed by atoms with Gasteiger partial charge in [-0.05, 0) is 46.1 Å². The van der Waals surface area contributed by atoms with Gasteiger partial charge in [0.25, 0.3) is 0 Å². The van der Waals surface area contributed by atoms with Gasteiger partial charge in [0.2, 0.25) is 0 Å². The summed E-state index contributed by atoms with van der Waals surface area (Å²) in [4.78, 5) is 0. The minimum absolute atomic E-state index is 0.360. The van der Waals surface area contributed by atoms with E-state index in [1.54, 1.807) is 6.07 Å². The molecule has 0 saturated heterocycles. The minimum Gasteiger partial charge on any atom is -0.397 e. The second-order valence-corrected chi connectivity index (χ2v) is 5.45. The zero-order valence-electron chi connectivity index (χ0n) is 10.1. The molecule has 0 radical (unpaired) electrons. The van der Waals surface area contributed by atoms with Gasteiger partial charge in [0.15, 0.2) is 0 Å². The zero-order valence-corrected chi connectivity index (χ0v) is 12.4. The quantitative estimate of drug-likeness (QED) is 0.803. The van der Waals surface area contributed by atoms with Gasteiger partial charge >= 0.3 is 0 Å². The molecule has 0 heterocycles. The summed E-state index contributed by atoms with van der Waals surface area (Å²) < 4.78 is 13.6. The number of hydrogen-bond donors (Lipinski definition) is 2. The Morgan fingerprint density at radius 1 is 1.21 bits per heavy atom. The summed E-state index contributed by atoms with van der Waals surface area (Å²) in [6.45, 7) is 0.712. The van der Waals surface area contributed by atoms with Gasteiger partial charge in [-0.2, -0.15) is 0 Å². The Hall–Kier alpha value is -1.26. The molecule has 3 N–H and O–H groups in total. The molecular formula is C14H13BrClFN2. The van der Waals surface area contributed by atoms with E-state index in [1.165, 1.54) is 11.6 Å². The summed E-state index contributed by atoms with van der Waals surface area (Å²) in [5.41, 5.74) is 8.05. The fourth-order valence-corrected chi connectivity index (χ4v) is 2.18. The number of anilines is 2. The van der Waals surface area contributed by atoms with Gasteiger partial charge < -0.3 is 11.1 Å². The highest BCUT2D eigenvalue weighted by atomic mass is 79.9. The average Bonchev–Trinajstić information content (AvgIpc) is 2.38. The minimum atomic E-state index is -0.360. The Morgan fingerprint density at radius 3 is 2.58 bits per heavy atom. The van der Waals surface area contributed by atoms with Gasteiger partial charge in [0.05, 0.1) is 15.8 Å². The lowest BCUT2D eigenvalue weighted by molar-refractivity contribution is 0.622. The lowest BCUT2D eigenvalue weighted by atomic mass is 10.1. The molecule has 0 atom stereocenters. The zero-order chi connectivity index (χ0) is 13.8. The fraction of sp³-hybridized carbons (Fsp3) is 0.143. The van der Waals surface area contributed by atoms with E-state index < -0.39 is 0 Å². The van der Waals surface area contributed by atoms with Crippen LogP contribution in [0.25, 0.3) is 0 Å². The van der Waals surface area contributed by atoms with Crippen molar-refractivity contribution in [1.29, 1.82) is 0 Å². The Kier molecular flexibility index (Phi) is 4.66. The Bertz CT molecular complexity index is 572. The first-order chi connectivity index (χ1) is 9.06. The fourth-order valence-electron chi connectivity index (χ4n) is 1.71. The molecule has 2 rings (SSSR count). The third kappa shape index (κ3) is 3.85. The molecule has 0 aromatic heterocycles. The lowest BCUT2D eigenvalue weighted by Crippen LogP contribution is -2.07. The number of nitrogen functional groups attached to an aromatic ring is 1. The van der Waals surface area contributed by atoms with E-state index in [4.69, 9.17) is 17.3 Å². The molecular weight excluding hydrogens is 331 g/mol. The topological polar surface area (TPSA) is 38.0 Å². The second-order valence-electron chi connectivity index (χ2n) is 4.16. The summed E-state index contributed by atoms with van der Waals surface area (Å²) in [6.07, 6.45) is 0.839. The van der Waals surface area contributed by atoms with Gasteiger partial charge in [-0.15, -0.1) is 0 Å². The first-order valence-electron chi connectivity index (χ1n) is 5.79. The molecule has 0 fully saturated rings. The van der Waals surface area contributed by atoms with Gasteiger partial charge in [0.1, 0.15) is 5.82 Å². The van der Waals surface area contributed by atoms with Crippen LogP contribution >= 0.6 is 27.5 Å². The van der Waals surface area contributed by atoms with Crippen molar-refractivity contribution in [2.75, 3.05) is 17.6 Å². The first kappa shape index (κ1) is 14.2. The maximum absolute atomic E-state index is 13.2. The molecule has 0 saturated carbocycles. The van der Waals surface area contributed by atoms with Crippen LogP contribution in [-0.2, 0) is 6.42 Å². The van der Waals surface area contributed by atoms with Crippen LogP contribution in [0.1, 0.15) is 5.56 Å². The molecule has 2 aromatic rings. The molecule has 0 aliphatic heterocycles. The van der Waals surface area contributed by atoms with Crippen LogP contribution in [-0.4, -0.2) is 6.54 Å². The standard InChI is InChI=1S/C14H13BrClFN2/c15-11-7-14(13(18)8-12(11)17)19-6-5-9-1-3-10(16)4-2-9/h1-4,7-8,19H,5-6,18H2. The van der Waals surface area contributed by atoms with Crippen LogP contribution in [0.4, 0.5) is 15.8 Å². The average molecular weight is 344 g/mol. The Morgan fingerprint density at radius 2 is 1.89 bits per heavy atom. The van der Waals surface area contributed by atoms with E-state index in [9.17, 15) is 4.39 Å². The molecule has 19 heavy (non-hydrogen) atoms. The summed E-state index contributed by atoms with van der Waals surface area (Å²) in [6, 6.07) is 10.6. The molecule has 0 unspecified atom stereocenters. The van der Waals surface area contributed by atoms with Crippen LogP contribution in [0, 0.1) is 5.82 Å². The molecule has 0 spiro atoms. The van der Waals surface area contributed by atoms with Crippen LogP contribution < -0.4 is 11.1 Å². The number of rotatable bonds is 4. The maximum atomic E-state index is 13.2. The van der Waals surface area contributed by atoms with Gasteiger partial charge in [0, 0.05) is 17.6 Å². The highest BCUT2D eigenvalue weighted by molar-refractivity contribution is 9.10. The smallest absolute Gasteiger partial charge is 0.139 e. The van der Waals surface area contributed by atoms with Crippen LogP contribution in [0.15, 0.2) is 40.9 Å². The number of nitrogens with two attached hydrogens (primary N) is 1. The highest BCUT2D eigenvalue weighted by Gasteiger charge is 2.05. The number of nitrogens with one attached hydrogen (secondary N) is 1. The van der Waals surface area contributed by atoms with E-state index in [2.05, 4.69) is 21.2 Å². The predicted molar refractivity (Wildman–Crippen MR) is 82.2 cm³/mol. The molecule has 0 aliphatic rings. The lowest BCUT2D eigenvalue weighted by Gasteiger charge is -2.10. The van der Waals surface area contributed by atoms with Gasteiger partial charge in [-0.1, -0.05) is 23.7 Å². The van der Waals surface area contributed by atoms with Crippen molar-refractivity contribution in [3.63, 3.8) is 0 Å². The molecule has 2 nitrogen and oxygen atoms in total.